The molecule has 0 aromatic rings. The molecule has 1 unspecified atom stereocenters. The quantitative estimate of drug-likeness (QED) is 0.162. The summed E-state index contributed by atoms with van der Waals surface area (Å²) in [6.45, 7) is 22.4. The maximum Gasteiger partial charge on any atom is 0.0729 e. The Hall–Kier alpha value is -2.56. The average molecular weight is 555 g/mol. The van der Waals surface area contributed by atoms with Crippen LogP contribution in [-0.2, 0) is 0 Å². The maximum absolute atomic E-state index is 10.0. The third-order valence-electron chi connectivity index (χ3n) is 8.82. The fourth-order valence-corrected chi connectivity index (χ4v) is 6.30. The van der Waals surface area contributed by atoms with Gasteiger partial charge in [0.25, 0.3) is 0 Å². The van der Waals surface area contributed by atoms with Crippen LogP contribution in [0.3, 0.4) is 0 Å². The Balaban J connectivity index is 1.80. The predicted molar refractivity (Wildman–Crippen MR) is 181 cm³/mol. The first kappa shape index (κ1) is 34.6. The van der Waals surface area contributed by atoms with Crippen molar-refractivity contribution in [3.63, 3.8) is 0 Å². The molecular formula is C40H58O. The van der Waals surface area contributed by atoms with E-state index in [0.29, 0.717) is 11.3 Å². The third-order valence-corrected chi connectivity index (χ3v) is 8.82. The Morgan fingerprint density at radius 1 is 1.05 bits per heavy atom. The first-order valence-electron chi connectivity index (χ1n) is 15.8. The summed E-state index contributed by atoms with van der Waals surface area (Å²) >= 11 is 0. The summed E-state index contributed by atoms with van der Waals surface area (Å²) in [5.74, 6) is 7.46. The number of rotatable bonds is 10. The molecule has 0 radical (unpaired) electrons. The monoisotopic (exact) mass is 554 g/mol. The standard InChI is InChI=1S/C40H58O/c1-30(18-13-20-32(3)23-25-37-34(5)22-15-27-39(37,7)8)16-11-12-17-31(2)19-14-21-33(4)24-26-38-35(6)28-36(41)29-40(38,9)10/h11-14,16,18-21,28,31,36,38,41H,15,17,22-23,25,27,29H2,1-10H3/b12-11+,18-13+,19-14+,30-16+,32-20+,33-21+/t31?,36-,38+/m1/s1. The second-order valence-corrected chi connectivity index (χ2v) is 14.0. The van der Waals surface area contributed by atoms with Crippen molar-refractivity contribution < 1.29 is 5.11 Å². The molecule has 1 N–H and O–H groups in total. The maximum atomic E-state index is 10.0. The van der Waals surface area contributed by atoms with E-state index in [-0.39, 0.29) is 17.4 Å². The summed E-state index contributed by atoms with van der Waals surface area (Å²) in [7, 11) is 0. The number of allylic oxidation sites excluding steroid dienone is 15. The topological polar surface area (TPSA) is 20.2 Å². The van der Waals surface area contributed by atoms with Crippen LogP contribution in [0.25, 0.3) is 0 Å². The fraction of sp³-hybridized carbons (Fsp3) is 0.550. The van der Waals surface area contributed by atoms with Gasteiger partial charge < -0.3 is 5.11 Å². The zero-order chi connectivity index (χ0) is 30.6. The van der Waals surface area contributed by atoms with Gasteiger partial charge in [-0.1, -0.05) is 135 Å². The molecule has 1 nitrogen and oxygen atoms in total. The van der Waals surface area contributed by atoms with Gasteiger partial charge in [-0.2, -0.15) is 0 Å². The van der Waals surface area contributed by atoms with Gasteiger partial charge in [0.15, 0.2) is 0 Å². The molecular weight excluding hydrogens is 496 g/mol. The Morgan fingerprint density at radius 3 is 2.46 bits per heavy atom. The van der Waals surface area contributed by atoms with Gasteiger partial charge in [-0.15, -0.1) is 0 Å². The molecule has 0 fully saturated rings. The van der Waals surface area contributed by atoms with Crippen LogP contribution in [0.1, 0.15) is 114 Å². The van der Waals surface area contributed by atoms with Crippen molar-refractivity contribution in [2.75, 3.05) is 0 Å². The highest BCUT2D eigenvalue weighted by atomic mass is 16.3. The van der Waals surface area contributed by atoms with Crippen LogP contribution >= 0.6 is 0 Å². The van der Waals surface area contributed by atoms with E-state index < -0.39 is 0 Å². The molecule has 0 heterocycles. The highest BCUT2D eigenvalue weighted by Crippen LogP contribution is 2.43. The minimum atomic E-state index is -0.350. The molecule has 2 aliphatic rings. The second kappa shape index (κ2) is 16.2. The molecule has 0 aromatic heterocycles. The average Bonchev–Trinajstić information content (AvgIpc) is 2.84. The van der Waals surface area contributed by atoms with Crippen LogP contribution < -0.4 is 0 Å². The first-order valence-corrected chi connectivity index (χ1v) is 15.8. The Bertz CT molecular complexity index is 1190. The van der Waals surface area contributed by atoms with Gasteiger partial charge in [0.2, 0.25) is 0 Å². The van der Waals surface area contributed by atoms with E-state index in [1.165, 1.54) is 42.4 Å². The van der Waals surface area contributed by atoms with E-state index >= 15 is 0 Å². The predicted octanol–water partition coefficient (Wildman–Crippen LogP) is 11.2. The van der Waals surface area contributed by atoms with Gasteiger partial charge in [0, 0.05) is 5.92 Å². The summed E-state index contributed by atoms with van der Waals surface area (Å²) < 4.78 is 0. The molecule has 3 atom stereocenters. The van der Waals surface area contributed by atoms with Crippen LogP contribution in [0.5, 0.6) is 0 Å². The van der Waals surface area contributed by atoms with Gasteiger partial charge in [-0.25, -0.2) is 0 Å². The largest absolute Gasteiger partial charge is 0.389 e. The van der Waals surface area contributed by atoms with E-state index in [0.717, 1.165) is 24.8 Å². The minimum absolute atomic E-state index is 0.0102. The Morgan fingerprint density at radius 2 is 1.78 bits per heavy atom. The lowest BCUT2D eigenvalue weighted by Crippen LogP contribution is -2.32. The number of hydrogen-bond donors (Lipinski definition) is 1. The van der Waals surface area contributed by atoms with Gasteiger partial charge >= 0.3 is 0 Å². The van der Waals surface area contributed by atoms with Crippen LogP contribution in [0, 0.1) is 34.5 Å². The molecule has 0 aromatic carbocycles. The van der Waals surface area contributed by atoms with Crippen molar-refractivity contribution in [3.05, 3.63) is 94.2 Å². The summed E-state index contributed by atoms with van der Waals surface area (Å²) in [4.78, 5) is 0. The lowest BCUT2D eigenvalue weighted by Gasteiger charge is -2.37. The van der Waals surface area contributed by atoms with Crippen LogP contribution in [0.2, 0.25) is 0 Å². The smallest absolute Gasteiger partial charge is 0.0729 e. The molecule has 1 heteroatoms. The molecule has 0 amide bonds. The number of aliphatic hydroxyl groups is 1. The van der Waals surface area contributed by atoms with Crippen molar-refractivity contribution in [2.24, 2.45) is 22.7 Å². The third kappa shape index (κ3) is 12.1. The van der Waals surface area contributed by atoms with E-state index in [1.807, 2.05) is 6.08 Å². The van der Waals surface area contributed by atoms with Crippen molar-refractivity contribution >= 4 is 0 Å². The molecule has 0 aliphatic heterocycles. The number of aliphatic hydroxyl groups excluding tert-OH is 1. The van der Waals surface area contributed by atoms with Crippen molar-refractivity contribution in [1.29, 1.82) is 0 Å². The summed E-state index contributed by atoms with van der Waals surface area (Å²) in [5, 5.41) is 10.0. The van der Waals surface area contributed by atoms with Crippen molar-refractivity contribution in [2.45, 2.75) is 120 Å². The Labute approximate surface area is 253 Å². The first-order chi connectivity index (χ1) is 19.2. The van der Waals surface area contributed by atoms with Gasteiger partial charge in [0.05, 0.1) is 6.10 Å². The SMILES string of the molecule is CC1=C[C@@H](O)CC(C)(C)[C@H]1C#C/C(C)=C/C=C/C(C)C/C=C/C=C(C)/C=C/C=C(\C)CCC1=C(C)CCCC1(C)C. The normalized spacial score (nSPS) is 24.7. The van der Waals surface area contributed by atoms with E-state index in [2.05, 4.69) is 136 Å². The van der Waals surface area contributed by atoms with Crippen LogP contribution in [-0.4, -0.2) is 11.2 Å². The Kier molecular flexibility index (Phi) is 13.7. The van der Waals surface area contributed by atoms with Gasteiger partial charge in [-0.05, 0) is 102 Å². The van der Waals surface area contributed by atoms with E-state index in [9.17, 15) is 5.11 Å². The molecule has 224 valence electrons. The highest BCUT2D eigenvalue weighted by molar-refractivity contribution is 5.35. The van der Waals surface area contributed by atoms with Gasteiger partial charge in [-0.3, -0.25) is 0 Å². The highest BCUT2D eigenvalue weighted by Gasteiger charge is 2.35. The van der Waals surface area contributed by atoms with Crippen molar-refractivity contribution in [1.82, 2.24) is 0 Å². The second-order valence-electron chi connectivity index (χ2n) is 14.0. The molecule has 0 saturated heterocycles. The molecule has 41 heavy (non-hydrogen) atoms. The summed E-state index contributed by atoms with van der Waals surface area (Å²) in [6, 6.07) is 0. The summed E-state index contributed by atoms with van der Waals surface area (Å²) in [6.07, 6.45) is 29.5. The molecule has 2 aliphatic carbocycles. The molecule has 0 saturated carbocycles. The van der Waals surface area contributed by atoms with Crippen LogP contribution in [0.4, 0.5) is 0 Å². The van der Waals surface area contributed by atoms with Crippen LogP contribution in [0.15, 0.2) is 94.2 Å². The molecule has 0 bridgehead atoms. The lowest BCUT2D eigenvalue weighted by molar-refractivity contribution is 0.120. The zero-order valence-electron chi connectivity index (χ0n) is 27.9. The van der Waals surface area contributed by atoms with E-state index in [1.54, 1.807) is 11.1 Å². The molecule has 2 rings (SSSR count). The summed E-state index contributed by atoms with van der Waals surface area (Å²) in [5.41, 5.74) is 8.65. The fourth-order valence-electron chi connectivity index (χ4n) is 6.30. The van der Waals surface area contributed by atoms with Crippen molar-refractivity contribution in [3.8, 4) is 11.8 Å². The molecule has 0 spiro atoms. The van der Waals surface area contributed by atoms with Gasteiger partial charge in [0.1, 0.15) is 0 Å². The van der Waals surface area contributed by atoms with E-state index in [4.69, 9.17) is 0 Å². The minimum Gasteiger partial charge on any atom is -0.389 e. The lowest BCUT2D eigenvalue weighted by atomic mass is 9.68. The number of hydrogen-bond acceptors (Lipinski definition) is 1. The zero-order valence-corrected chi connectivity index (χ0v) is 27.9.